The van der Waals surface area contributed by atoms with Gasteiger partial charge in [0.1, 0.15) is 5.82 Å². The van der Waals surface area contributed by atoms with Crippen molar-refractivity contribution in [3.63, 3.8) is 0 Å². The molecule has 0 aromatic heterocycles. The zero-order valence-electron chi connectivity index (χ0n) is 17.3. The number of rotatable bonds is 8. The molecule has 0 bridgehead atoms. The first kappa shape index (κ1) is 22.2. The first-order valence-corrected chi connectivity index (χ1v) is 10.7. The number of benzene rings is 3. The van der Waals surface area contributed by atoms with Crippen LogP contribution in [0.15, 0.2) is 65.6 Å². The van der Waals surface area contributed by atoms with E-state index in [1.807, 2.05) is 24.3 Å². The van der Waals surface area contributed by atoms with Crippen LogP contribution < -0.4 is 18.9 Å². The Labute approximate surface area is 180 Å². The molecule has 3 rings (SSSR count). The molecule has 0 unspecified atom stereocenters. The molecule has 162 valence electrons. The highest BCUT2D eigenvalue weighted by Crippen LogP contribution is 2.38. The molecule has 0 fully saturated rings. The average Bonchev–Trinajstić information content (AvgIpc) is 2.77. The SMILES string of the molecule is COc1cc(C=Cc2ccc(NS(=O)(=O)c3ccc(F)cc3)cc2)cc(OC)c1OC. The van der Waals surface area contributed by atoms with Crippen LogP contribution in [0.1, 0.15) is 11.1 Å². The van der Waals surface area contributed by atoms with Crippen LogP contribution in [-0.2, 0) is 10.0 Å². The minimum atomic E-state index is -3.79. The van der Waals surface area contributed by atoms with Crippen LogP contribution in [0.5, 0.6) is 17.2 Å². The summed E-state index contributed by atoms with van der Waals surface area (Å²) in [7, 11) is 0.853. The van der Waals surface area contributed by atoms with Gasteiger partial charge >= 0.3 is 0 Å². The van der Waals surface area contributed by atoms with Crippen molar-refractivity contribution in [2.75, 3.05) is 26.1 Å². The Morgan fingerprint density at radius 2 is 1.32 bits per heavy atom. The Morgan fingerprint density at radius 3 is 1.84 bits per heavy atom. The van der Waals surface area contributed by atoms with Gasteiger partial charge in [-0.3, -0.25) is 4.72 Å². The summed E-state index contributed by atoms with van der Waals surface area (Å²) in [5, 5.41) is 0. The third-order valence-electron chi connectivity index (χ3n) is 4.44. The molecule has 0 amide bonds. The van der Waals surface area contributed by atoms with Crippen LogP contribution in [0, 0.1) is 5.82 Å². The highest BCUT2D eigenvalue weighted by molar-refractivity contribution is 7.92. The molecule has 8 heteroatoms. The lowest BCUT2D eigenvalue weighted by atomic mass is 10.1. The van der Waals surface area contributed by atoms with Crippen molar-refractivity contribution in [2.45, 2.75) is 4.90 Å². The minimum absolute atomic E-state index is 0.0136. The number of hydrogen-bond acceptors (Lipinski definition) is 5. The third-order valence-corrected chi connectivity index (χ3v) is 5.84. The molecule has 0 heterocycles. The van der Waals surface area contributed by atoms with Crippen LogP contribution in [0.4, 0.5) is 10.1 Å². The van der Waals surface area contributed by atoms with Crippen LogP contribution in [-0.4, -0.2) is 29.7 Å². The molecule has 31 heavy (non-hydrogen) atoms. The first-order valence-electron chi connectivity index (χ1n) is 9.23. The van der Waals surface area contributed by atoms with Gasteiger partial charge in [0.25, 0.3) is 10.0 Å². The van der Waals surface area contributed by atoms with E-state index in [-0.39, 0.29) is 4.90 Å². The van der Waals surface area contributed by atoms with E-state index in [1.54, 1.807) is 45.6 Å². The van der Waals surface area contributed by atoms with Gasteiger partial charge in [-0.2, -0.15) is 0 Å². The third kappa shape index (κ3) is 5.35. The predicted molar refractivity (Wildman–Crippen MR) is 119 cm³/mol. The summed E-state index contributed by atoms with van der Waals surface area (Å²) >= 11 is 0. The van der Waals surface area contributed by atoms with Crippen molar-refractivity contribution in [3.8, 4) is 17.2 Å². The van der Waals surface area contributed by atoms with Gasteiger partial charge in [0.15, 0.2) is 11.5 Å². The largest absolute Gasteiger partial charge is 0.493 e. The molecule has 0 aliphatic carbocycles. The maximum Gasteiger partial charge on any atom is 0.261 e. The second-order valence-electron chi connectivity index (χ2n) is 6.47. The van der Waals surface area contributed by atoms with E-state index < -0.39 is 15.8 Å². The van der Waals surface area contributed by atoms with Crippen molar-refractivity contribution < 1.29 is 27.0 Å². The summed E-state index contributed by atoms with van der Waals surface area (Å²) in [6.45, 7) is 0. The van der Waals surface area contributed by atoms with Crippen molar-refractivity contribution in [1.82, 2.24) is 0 Å². The molecule has 0 radical (unpaired) electrons. The lowest BCUT2D eigenvalue weighted by Gasteiger charge is -2.12. The van der Waals surface area contributed by atoms with Crippen molar-refractivity contribution >= 4 is 27.9 Å². The van der Waals surface area contributed by atoms with Crippen molar-refractivity contribution in [3.05, 3.63) is 77.6 Å². The van der Waals surface area contributed by atoms with Crippen LogP contribution >= 0.6 is 0 Å². The van der Waals surface area contributed by atoms with Gasteiger partial charge in [-0.1, -0.05) is 24.3 Å². The number of sulfonamides is 1. The van der Waals surface area contributed by atoms with Crippen LogP contribution in [0.2, 0.25) is 0 Å². The predicted octanol–water partition coefficient (Wildman–Crippen LogP) is 4.82. The summed E-state index contributed by atoms with van der Waals surface area (Å²) in [6, 6.07) is 15.1. The Hall–Kier alpha value is -3.52. The zero-order valence-corrected chi connectivity index (χ0v) is 18.1. The van der Waals surface area contributed by atoms with Crippen molar-refractivity contribution in [2.24, 2.45) is 0 Å². The molecule has 3 aromatic carbocycles. The normalized spacial score (nSPS) is 11.4. The first-order chi connectivity index (χ1) is 14.9. The number of anilines is 1. The van der Waals surface area contributed by atoms with E-state index in [2.05, 4.69) is 4.72 Å². The topological polar surface area (TPSA) is 73.9 Å². The summed E-state index contributed by atoms with van der Waals surface area (Å²) in [4.78, 5) is -0.0136. The van der Waals surface area contributed by atoms with E-state index in [0.29, 0.717) is 22.9 Å². The molecule has 1 N–H and O–H groups in total. The Bertz CT molecular complexity index is 1150. The molecular weight excluding hydrogens is 421 g/mol. The zero-order chi connectivity index (χ0) is 22.4. The molecule has 0 spiro atoms. The fourth-order valence-corrected chi connectivity index (χ4v) is 3.94. The second kappa shape index (κ2) is 9.53. The summed E-state index contributed by atoms with van der Waals surface area (Å²) in [6.07, 6.45) is 3.75. The number of nitrogens with one attached hydrogen (secondary N) is 1. The fourth-order valence-electron chi connectivity index (χ4n) is 2.88. The molecule has 0 aliphatic heterocycles. The monoisotopic (exact) mass is 443 g/mol. The maximum absolute atomic E-state index is 13.0. The maximum atomic E-state index is 13.0. The van der Waals surface area contributed by atoms with Gasteiger partial charge in [-0.15, -0.1) is 0 Å². The Kier molecular flexibility index (Phi) is 6.81. The van der Waals surface area contributed by atoms with Crippen molar-refractivity contribution in [1.29, 1.82) is 0 Å². The fraction of sp³-hybridized carbons (Fsp3) is 0.130. The molecule has 6 nitrogen and oxygen atoms in total. The highest BCUT2D eigenvalue weighted by atomic mass is 32.2. The van der Waals surface area contributed by atoms with Crippen LogP contribution in [0.3, 0.4) is 0 Å². The quantitative estimate of drug-likeness (QED) is 0.505. The summed E-state index contributed by atoms with van der Waals surface area (Å²) in [5.41, 5.74) is 2.10. The van der Waals surface area contributed by atoms with Crippen LogP contribution in [0.25, 0.3) is 12.2 Å². The highest BCUT2D eigenvalue weighted by Gasteiger charge is 2.14. The molecule has 0 aliphatic rings. The van der Waals surface area contributed by atoms with Gasteiger partial charge < -0.3 is 14.2 Å². The van der Waals surface area contributed by atoms with Gasteiger partial charge in [-0.25, -0.2) is 12.8 Å². The number of halogens is 1. The molecule has 0 saturated heterocycles. The minimum Gasteiger partial charge on any atom is -0.493 e. The van der Waals surface area contributed by atoms with E-state index >= 15 is 0 Å². The molecular formula is C23H22FNO5S. The number of ether oxygens (including phenoxy) is 3. The standard InChI is InChI=1S/C23H22FNO5S/c1-28-21-14-17(15-22(29-2)23(21)30-3)5-4-16-6-10-19(11-7-16)25-31(26,27)20-12-8-18(24)9-13-20/h4-15,25H,1-3H3. The van der Waals surface area contributed by atoms with E-state index in [1.165, 1.54) is 12.1 Å². The van der Waals surface area contributed by atoms with E-state index in [4.69, 9.17) is 14.2 Å². The molecule has 3 aromatic rings. The van der Waals surface area contributed by atoms with E-state index in [0.717, 1.165) is 23.3 Å². The van der Waals surface area contributed by atoms with E-state index in [9.17, 15) is 12.8 Å². The van der Waals surface area contributed by atoms with Gasteiger partial charge in [-0.05, 0) is 59.7 Å². The Balaban J connectivity index is 1.76. The summed E-state index contributed by atoms with van der Waals surface area (Å²) in [5.74, 6) is 1.11. The number of hydrogen-bond donors (Lipinski definition) is 1. The van der Waals surface area contributed by atoms with Gasteiger partial charge in [0.2, 0.25) is 5.75 Å². The smallest absolute Gasteiger partial charge is 0.261 e. The Morgan fingerprint density at radius 1 is 0.774 bits per heavy atom. The number of methoxy groups -OCH3 is 3. The lowest BCUT2D eigenvalue weighted by molar-refractivity contribution is 0.324. The van der Waals surface area contributed by atoms with Gasteiger partial charge in [0, 0.05) is 5.69 Å². The average molecular weight is 443 g/mol. The molecule has 0 atom stereocenters. The second-order valence-corrected chi connectivity index (χ2v) is 8.16. The summed E-state index contributed by atoms with van der Waals surface area (Å²) < 4.78 is 56.3. The lowest BCUT2D eigenvalue weighted by Crippen LogP contribution is -2.12. The molecule has 0 saturated carbocycles. The van der Waals surface area contributed by atoms with Gasteiger partial charge in [0.05, 0.1) is 26.2 Å².